The maximum absolute atomic E-state index is 12.3. The Morgan fingerprint density at radius 3 is 2.80 bits per heavy atom. The highest BCUT2D eigenvalue weighted by Crippen LogP contribution is 2.22. The number of hydrogen-bond donors (Lipinski definition) is 3. The molecule has 5 nitrogen and oxygen atoms in total. The molecule has 2 aromatic rings. The van der Waals surface area contributed by atoms with Crippen molar-refractivity contribution in [1.82, 2.24) is 4.98 Å². The van der Waals surface area contributed by atoms with Gasteiger partial charge in [0.15, 0.2) is 5.82 Å². The van der Waals surface area contributed by atoms with E-state index in [1.165, 1.54) is 0 Å². The molecule has 2 rings (SSSR count). The van der Waals surface area contributed by atoms with Crippen molar-refractivity contribution >= 4 is 33.3 Å². The summed E-state index contributed by atoms with van der Waals surface area (Å²) in [5.74, 6) is 5.44. The number of hydrogen-bond acceptors (Lipinski definition) is 4. The van der Waals surface area contributed by atoms with E-state index in [0.29, 0.717) is 15.9 Å². The zero-order chi connectivity index (χ0) is 14.7. The first-order valence-electron chi connectivity index (χ1n) is 6.02. The van der Waals surface area contributed by atoms with Gasteiger partial charge in [0.05, 0.1) is 5.56 Å². The summed E-state index contributed by atoms with van der Waals surface area (Å²) < 4.78 is 0.711. The Balaban J connectivity index is 2.33. The zero-order valence-corrected chi connectivity index (χ0v) is 12.8. The molecule has 0 aliphatic carbocycles. The van der Waals surface area contributed by atoms with Crippen molar-refractivity contribution in [1.29, 1.82) is 0 Å². The molecule has 1 aromatic heterocycles. The van der Waals surface area contributed by atoms with Gasteiger partial charge in [0.1, 0.15) is 0 Å². The summed E-state index contributed by atoms with van der Waals surface area (Å²) in [6.07, 6.45) is 1.57. The van der Waals surface area contributed by atoms with Crippen LogP contribution in [0.4, 0.5) is 11.5 Å². The second kappa shape index (κ2) is 6.02. The number of rotatable bonds is 3. The van der Waals surface area contributed by atoms with Gasteiger partial charge in [0.2, 0.25) is 0 Å². The number of nitrogens with one attached hydrogen (secondary N) is 2. The lowest BCUT2D eigenvalue weighted by Gasteiger charge is -2.12. The third kappa shape index (κ3) is 2.97. The van der Waals surface area contributed by atoms with Crippen LogP contribution in [-0.2, 0) is 0 Å². The van der Waals surface area contributed by atoms with Gasteiger partial charge < -0.3 is 10.7 Å². The lowest BCUT2D eigenvalue weighted by atomic mass is 10.1. The topological polar surface area (TPSA) is 80.0 Å². The van der Waals surface area contributed by atoms with Crippen LogP contribution in [0.15, 0.2) is 34.9 Å². The zero-order valence-electron chi connectivity index (χ0n) is 11.2. The molecule has 0 aliphatic rings. The van der Waals surface area contributed by atoms with Gasteiger partial charge in [-0.1, -0.05) is 12.1 Å². The number of carbonyl (C=O) groups is 1. The molecule has 0 atom stereocenters. The minimum atomic E-state index is -0.263. The van der Waals surface area contributed by atoms with E-state index in [-0.39, 0.29) is 5.91 Å². The minimum absolute atomic E-state index is 0.263. The Kier molecular flexibility index (Phi) is 4.36. The van der Waals surface area contributed by atoms with Crippen LogP contribution in [0.25, 0.3) is 0 Å². The van der Waals surface area contributed by atoms with E-state index in [0.717, 1.165) is 16.8 Å². The predicted octanol–water partition coefficient (Wildman–Crippen LogP) is 3.00. The van der Waals surface area contributed by atoms with Crippen LogP contribution >= 0.6 is 15.9 Å². The van der Waals surface area contributed by atoms with Crippen LogP contribution in [-0.4, -0.2) is 10.9 Å². The quantitative estimate of drug-likeness (QED) is 0.595. The van der Waals surface area contributed by atoms with Gasteiger partial charge >= 0.3 is 0 Å². The van der Waals surface area contributed by atoms with E-state index in [4.69, 9.17) is 5.84 Å². The number of aromatic nitrogens is 1. The molecule has 0 saturated carbocycles. The lowest BCUT2D eigenvalue weighted by molar-refractivity contribution is 0.102. The Bertz CT molecular complexity index is 658. The summed E-state index contributed by atoms with van der Waals surface area (Å²) >= 11 is 3.29. The van der Waals surface area contributed by atoms with Crippen molar-refractivity contribution in [2.24, 2.45) is 5.84 Å². The Morgan fingerprint density at radius 2 is 2.10 bits per heavy atom. The van der Waals surface area contributed by atoms with Gasteiger partial charge in [0.25, 0.3) is 5.91 Å². The second-order valence-corrected chi connectivity index (χ2v) is 5.31. The molecule has 0 unspecified atom stereocenters. The number of pyridine rings is 1. The molecule has 0 spiro atoms. The first-order chi connectivity index (χ1) is 9.52. The van der Waals surface area contributed by atoms with Crippen LogP contribution in [0.2, 0.25) is 0 Å². The molecule has 20 heavy (non-hydrogen) atoms. The van der Waals surface area contributed by atoms with Crippen molar-refractivity contribution in [2.45, 2.75) is 13.8 Å². The second-order valence-electron chi connectivity index (χ2n) is 4.40. The summed E-state index contributed by atoms with van der Waals surface area (Å²) in [6, 6.07) is 7.43. The van der Waals surface area contributed by atoms with Gasteiger partial charge in [-0.05, 0) is 53.0 Å². The monoisotopic (exact) mass is 334 g/mol. The predicted molar refractivity (Wildman–Crippen MR) is 83.6 cm³/mol. The van der Waals surface area contributed by atoms with E-state index in [2.05, 4.69) is 31.7 Å². The number of halogens is 1. The summed E-state index contributed by atoms with van der Waals surface area (Å²) in [4.78, 5) is 16.4. The van der Waals surface area contributed by atoms with Gasteiger partial charge in [-0.2, -0.15) is 0 Å². The Morgan fingerprint density at radius 1 is 1.35 bits per heavy atom. The third-order valence-corrected chi connectivity index (χ3v) is 3.52. The maximum atomic E-state index is 12.3. The van der Waals surface area contributed by atoms with Crippen LogP contribution < -0.4 is 16.6 Å². The number of nitrogen functional groups attached to an aromatic ring is 1. The molecular formula is C14H15BrN4O. The first kappa shape index (κ1) is 14.5. The summed E-state index contributed by atoms with van der Waals surface area (Å²) in [5, 5.41) is 2.87. The fourth-order valence-corrected chi connectivity index (χ4v) is 2.13. The van der Waals surface area contributed by atoms with Gasteiger partial charge in [-0.25, -0.2) is 10.8 Å². The number of amides is 1. The molecule has 1 amide bonds. The number of carbonyl (C=O) groups excluding carboxylic acids is 1. The van der Waals surface area contributed by atoms with Crippen molar-refractivity contribution in [3.05, 3.63) is 51.6 Å². The number of hydrazine groups is 1. The molecule has 4 N–H and O–H groups in total. The lowest BCUT2D eigenvalue weighted by Crippen LogP contribution is -2.19. The van der Waals surface area contributed by atoms with Crippen LogP contribution in [0.5, 0.6) is 0 Å². The number of nitrogens with zero attached hydrogens (tertiary/aromatic N) is 1. The minimum Gasteiger partial charge on any atom is -0.322 e. The highest BCUT2D eigenvalue weighted by Gasteiger charge is 2.14. The largest absolute Gasteiger partial charge is 0.322 e. The third-order valence-electron chi connectivity index (χ3n) is 3.09. The number of nitrogens with two attached hydrogens (primary N) is 1. The van der Waals surface area contributed by atoms with Crippen molar-refractivity contribution < 1.29 is 4.79 Å². The van der Waals surface area contributed by atoms with E-state index < -0.39 is 0 Å². The maximum Gasteiger partial charge on any atom is 0.259 e. The van der Waals surface area contributed by atoms with Gasteiger partial charge in [-0.3, -0.25) is 4.79 Å². The SMILES string of the molecule is Cc1cccc(NC(=O)c2cc(Br)cnc2NN)c1C. The molecule has 0 bridgehead atoms. The number of anilines is 2. The molecule has 104 valence electrons. The standard InChI is InChI=1S/C14H15BrN4O/c1-8-4-3-5-12(9(8)2)18-14(20)11-6-10(15)7-17-13(11)19-16/h3-7H,16H2,1-2H3,(H,17,19)(H,18,20). The molecule has 1 heterocycles. The molecule has 0 aliphatic heterocycles. The van der Waals surface area contributed by atoms with Gasteiger partial charge in [0, 0.05) is 16.4 Å². The fourth-order valence-electron chi connectivity index (χ4n) is 1.80. The van der Waals surface area contributed by atoms with E-state index >= 15 is 0 Å². The molecular weight excluding hydrogens is 320 g/mol. The van der Waals surface area contributed by atoms with Crippen molar-refractivity contribution in [2.75, 3.05) is 10.7 Å². The van der Waals surface area contributed by atoms with E-state index in [1.807, 2.05) is 32.0 Å². The average Bonchev–Trinajstić information content (AvgIpc) is 2.43. The normalized spacial score (nSPS) is 10.2. The van der Waals surface area contributed by atoms with Crippen LogP contribution in [0, 0.1) is 13.8 Å². The average molecular weight is 335 g/mol. The molecule has 0 fully saturated rings. The summed E-state index contributed by atoms with van der Waals surface area (Å²) in [6.45, 7) is 3.96. The van der Waals surface area contributed by atoms with Crippen molar-refractivity contribution in [3.63, 3.8) is 0 Å². The molecule has 0 saturated heterocycles. The Hall–Kier alpha value is -1.92. The number of aryl methyl sites for hydroxylation is 1. The summed E-state index contributed by atoms with van der Waals surface area (Å²) in [7, 11) is 0. The highest BCUT2D eigenvalue weighted by atomic mass is 79.9. The van der Waals surface area contributed by atoms with E-state index in [9.17, 15) is 4.79 Å². The highest BCUT2D eigenvalue weighted by molar-refractivity contribution is 9.10. The smallest absolute Gasteiger partial charge is 0.259 e. The summed E-state index contributed by atoms with van der Waals surface area (Å²) in [5.41, 5.74) is 5.73. The fraction of sp³-hybridized carbons (Fsp3) is 0.143. The Labute approximate surface area is 125 Å². The molecule has 6 heteroatoms. The molecule has 1 aromatic carbocycles. The van der Waals surface area contributed by atoms with Crippen molar-refractivity contribution in [3.8, 4) is 0 Å². The van der Waals surface area contributed by atoms with Crippen LogP contribution in [0.3, 0.4) is 0 Å². The molecule has 0 radical (unpaired) electrons. The van der Waals surface area contributed by atoms with E-state index in [1.54, 1.807) is 12.3 Å². The van der Waals surface area contributed by atoms with Crippen LogP contribution in [0.1, 0.15) is 21.5 Å². The number of benzene rings is 1. The first-order valence-corrected chi connectivity index (χ1v) is 6.82. The van der Waals surface area contributed by atoms with Gasteiger partial charge in [-0.15, -0.1) is 0 Å².